The zero-order valence-corrected chi connectivity index (χ0v) is 10.4. The van der Waals surface area contributed by atoms with Crippen LogP contribution in [0.25, 0.3) is 0 Å². The number of hydrogen-bond donors (Lipinski definition) is 2. The molecule has 2 rings (SSSR count). The van der Waals surface area contributed by atoms with E-state index in [0.717, 1.165) is 19.3 Å². The van der Waals surface area contributed by atoms with Crippen LogP contribution in [-0.2, 0) is 14.4 Å². The highest BCUT2D eigenvalue weighted by molar-refractivity contribution is 5.90. The van der Waals surface area contributed by atoms with Gasteiger partial charge in [-0.3, -0.25) is 9.59 Å². The summed E-state index contributed by atoms with van der Waals surface area (Å²) in [6.07, 6.45) is 3.52. The molecule has 0 radical (unpaired) electrons. The number of nitrogens with one attached hydrogen (secondary N) is 1. The molecular formula is C12H18N2O4. The number of carbonyl (C=O) groups excluding carboxylic acids is 2. The Kier molecular flexibility index (Phi) is 3.54. The monoisotopic (exact) mass is 254 g/mol. The van der Waals surface area contributed by atoms with Crippen LogP contribution in [0.15, 0.2) is 0 Å². The Hall–Kier alpha value is -1.59. The largest absolute Gasteiger partial charge is 0.480 e. The molecule has 0 aromatic rings. The van der Waals surface area contributed by atoms with Crippen molar-refractivity contribution in [2.24, 2.45) is 0 Å². The first-order valence-corrected chi connectivity index (χ1v) is 6.33. The second-order valence-corrected chi connectivity index (χ2v) is 5.01. The van der Waals surface area contributed by atoms with Gasteiger partial charge in [-0.05, 0) is 32.1 Å². The number of hydrogen-bond acceptors (Lipinski definition) is 3. The van der Waals surface area contributed by atoms with Crippen molar-refractivity contribution in [2.45, 2.75) is 57.2 Å². The van der Waals surface area contributed by atoms with E-state index >= 15 is 0 Å². The maximum atomic E-state index is 12.3. The predicted molar refractivity (Wildman–Crippen MR) is 62.7 cm³/mol. The Morgan fingerprint density at radius 3 is 2.61 bits per heavy atom. The number of carbonyl (C=O) groups is 3. The zero-order valence-electron chi connectivity index (χ0n) is 10.4. The van der Waals surface area contributed by atoms with Crippen molar-refractivity contribution in [1.82, 2.24) is 10.2 Å². The van der Waals surface area contributed by atoms with E-state index in [9.17, 15) is 14.4 Å². The van der Waals surface area contributed by atoms with Gasteiger partial charge in [0, 0.05) is 13.0 Å². The fourth-order valence-corrected chi connectivity index (χ4v) is 2.98. The molecule has 6 heteroatoms. The van der Waals surface area contributed by atoms with Crippen molar-refractivity contribution in [3.05, 3.63) is 0 Å². The van der Waals surface area contributed by atoms with E-state index in [1.807, 2.05) is 0 Å². The van der Waals surface area contributed by atoms with Gasteiger partial charge in [0.25, 0.3) is 0 Å². The average molecular weight is 254 g/mol. The summed E-state index contributed by atoms with van der Waals surface area (Å²) in [5, 5.41) is 11.8. The molecule has 2 aliphatic rings. The van der Waals surface area contributed by atoms with Crippen LogP contribution in [0.1, 0.15) is 39.0 Å². The third-order valence-electron chi connectivity index (χ3n) is 3.75. The summed E-state index contributed by atoms with van der Waals surface area (Å²) in [5.41, 5.74) is 0. The highest BCUT2D eigenvalue weighted by Crippen LogP contribution is 2.31. The first-order valence-electron chi connectivity index (χ1n) is 6.33. The van der Waals surface area contributed by atoms with Gasteiger partial charge in [0.1, 0.15) is 12.1 Å². The Labute approximate surface area is 105 Å². The van der Waals surface area contributed by atoms with E-state index in [2.05, 4.69) is 5.32 Å². The maximum Gasteiger partial charge on any atom is 0.326 e. The Morgan fingerprint density at radius 1 is 1.28 bits per heavy atom. The van der Waals surface area contributed by atoms with Gasteiger partial charge in [-0.15, -0.1) is 0 Å². The lowest BCUT2D eigenvalue weighted by atomic mass is 10.1. The molecule has 0 aliphatic carbocycles. The van der Waals surface area contributed by atoms with Gasteiger partial charge in [-0.2, -0.15) is 0 Å². The van der Waals surface area contributed by atoms with Crippen molar-refractivity contribution < 1.29 is 19.5 Å². The lowest BCUT2D eigenvalue weighted by molar-refractivity contribution is -0.150. The third-order valence-corrected chi connectivity index (χ3v) is 3.75. The summed E-state index contributed by atoms with van der Waals surface area (Å²) in [6, 6.07) is -1.26. The molecule has 3 atom stereocenters. The number of carboxylic acids is 1. The van der Waals surface area contributed by atoms with Gasteiger partial charge in [0.15, 0.2) is 0 Å². The molecule has 2 saturated heterocycles. The molecule has 18 heavy (non-hydrogen) atoms. The van der Waals surface area contributed by atoms with Crippen molar-refractivity contribution in [1.29, 1.82) is 0 Å². The summed E-state index contributed by atoms with van der Waals surface area (Å²) in [7, 11) is 0. The average Bonchev–Trinajstić information content (AvgIpc) is 2.64. The molecule has 100 valence electrons. The molecule has 0 aromatic carbocycles. The summed E-state index contributed by atoms with van der Waals surface area (Å²) < 4.78 is 0. The first-order chi connectivity index (χ1) is 8.50. The molecule has 2 amide bonds. The van der Waals surface area contributed by atoms with Crippen LogP contribution < -0.4 is 5.32 Å². The van der Waals surface area contributed by atoms with E-state index in [0.29, 0.717) is 12.8 Å². The zero-order chi connectivity index (χ0) is 13.3. The molecule has 2 aliphatic heterocycles. The Balaban J connectivity index is 2.19. The smallest absolute Gasteiger partial charge is 0.326 e. The minimum Gasteiger partial charge on any atom is -0.480 e. The van der Waals surface area contributed by atoms with Crippen molar-refractivity contribution in [3.8, 4) is 0 Å². The van der Waals surface area contributed by atoms with Gasteiger partial charge in [-0.25, -0.2) is 4.79 Å². The number of rotatable bonds is 2. The van der Waals surface area contributed by atoms with Crippen LogP contribution in [0, 0.1) is 0 Å². The molecule has 0 unspecified atom stereocenters. The minimum atomic E-state index is -0.950. The van der Waals surface area contributed by atoms with Gasteiger partial charge < -0.3 is 15.3 Å². The van der Waals surface area contributed by atoms with E-state index in [4.69, 9.17) is 5.11 Å². The van der Waals surface area contributed by atoms with Gasteiger partial charge >= 0.3 is 5.97 Å². The van der Waals surface area contributed by atoms with Crippen LogP contribution in [0.3, 0.4) is 0 Å². The Bertz CT molecular complexity index is 382. The maximum absolute atomic E-state index is 12.3. The highest BCUT2D eigenvalue weighted by atomic mass is 16.4. The molecule has 0 saturated carbocycles. The standard InChI is InChI=1S/C12H18N2O4/c1-7(15)13-9-4-2-3-8-5-6-10(12(17)18)14(8)11(9)16/h8-10H,2-6H2,1H3,(H,13,15)(H,17,18)/t8-,9-,10-/m0/s1. The molecule has 0 aromatic heterocycles. The minimum absolute atomic E-state index is 0.0253. The number of amides is 2. The van der Waals surface area contributed by atoms with E-state index in [1.54, 1.807) is 0 Å². The Morgan fingerprint density at radius 2 is 2.00 bits per heavy atom. The van der Waals surface area contributed by atoms with E-state index < -0.39 is 18.1 Å². The van der Waals surface area contributed by atoms with Crippen molar-refractivity contribution in [3.63, 3.8) is 0 Å². The van der Waals surface area contributed by atoms with Crippen LogP contribution >= 0.6 is 0 Å². The number of nitrogens with zero attached hydrogens (tertiary/aromatic N) is 1. The lowest BCUT2D eigenvalue weighted by Crippen LogP contribution is -2.52. The molecule has 2 heterocycles. The second-order valence-electron chi connectivity index (χ2n) is 5.01. The van der Waals surface area contributed by atoms with E-state index in [1.165, 1.54) is 11.8 Å². The third kappa shape index (κ3) is 2.32. The van der Waals surface area contributed by atoms with Crippen LogP contribution in [-0.4, -0.2) is 45.9 Å². The first kappa shape index (κ1) is 12.9. The summed E-state index contributed by atoms with van der Waals surface area (Å²) >= 11 is 0. The SMILES string of the molecule is CC(=O)N[C@H]1CCC[C@H]2CC[C@@H](C(=O)O)N2C1=O. The quantitative estimate of drug-likeness (QED) is 0.732. The number of fused-ring (bicyclic) bond motifs is 1. The summed E-state index contributed by atoms with van der Waals surface area (Å²) in [4.78, 5) is 36.0. The number of aliphatic carboxylic acids is 1. The second kappa shape index (κ2) is 4.96. The highest BCUT2D eigenvalue weighted by Gasteiger charge is 2.44. The molecule has 2 fully saturated rings. The van der Waals surface area contributed by atoms with Crippen LogP contribution in [0.4, 0.5) is 0 Å². The summed E-state index contributed by atoms with van der Waals surface area (Å²) in [5.74, 6) is -1.44. The topological polar surface area (TPSA) is 86.7 Å². The molecule has 0 spiro atoms. The fraction of sp³-hybridized carbons (Fsp3) is 0.750. The van der Waals surface area contributed by atoms with Crippen LogP contribution in [0.2, 0.25) is 0 Å². The summed E-state index contributed by atoms with van der Waals surface area (Å²) in [6.45, 7) is 1.37. The molecular weight excluding hydrogens is 236 g/mol. The number of carboxylic acid groups (broad SMARTS) is 1. The predicted octanol–water partition coefficient (Wildman–Crippen LogP) is 0.119. The molecule has 0 bridgehead atoms. The van der Waals surface area contributed by atoms with Crippen molar-refractivity contribution >= 4 is 17.8 Å². The van der Waals surface area contributed by atoms with Gasteiger partial charge in [0.05, 0.1) is 0 Å². The lowest BCUT2D eigenvalue weighted by Gasteiger charge is -2.28. The normalized spacial score (nSPS) is 31.7. The molecule has 6 nitrogen and oxygen atoms in total. The van der Waals surface area contributed by atoms with Crippen molar-refractivity contribution in [2.75, 3.05) is 0 Å². The van der Waals surface area contributed by atoms with Gasteiger partial charge in [-0.1, -0.05) is 0 Å². The van der Waals surface area contributed by atoms with Gasteiger partial charge in [0.2, 0.25) is 11.8 Å². The van der Waals surface area contributed by atoms with E-state index in [-0.39, 0.29) is 17.9 Å². The molecule has 2 N–H and O–H groups in total. The fourth-order valence-electron chi connectivity index (χ4n) is 2.98. The van der Waals surface area contributed by atoms with Crippen LogP contribution in [0.5, 0.6) is 0 Å².